The molecule has 4 aromatic rings. The standard InChI is InChI=1S/C26H27NO3/c1-4-5-16-27-17-14-23(19-6-10-21(28-2)11-7-19)25(27)26-24(15-18-30-26)20-8-12-22(29-3)13-9-20/h6-15,17-18H,4-5,16H2,1-3H3. The second-order valence-electron chi connectivity index (χ2n) is 7.25. The van der Waals surface area contributed by atoms with Gasteiger partial charge in [0.15, 0.2) is 5.76 Å². The second kappa shape index (κ2) is 8.95. The van der Waals surface area contributed by atoms with Crippen LogP contribution < -0.4 is 9.47 Å². The Morgan fingerprint density at radius 1 is 0.767 bits per heavy atom. The van der Waals surface area contributed by atoms with Crippen LogP contribution in [0.25, 0.3) is 33.7 Å². The lowest BCUT2D eigenvalue weighted by Gasteiger charge is -2.12. The minimum absolute atomic E-state index is 0.842. The van der Waals surface area contributed by atoms with Crippen LogP contribution in [0.2, 0.25) is 0 Å². The van der Waals surface area contributed by atoms with Crippen LogP contribution in [-0.2, 0) is 6.54 Å². The molecule has 0 atom stereocenters. The van der Waals surface area contributed by atoms with Gasteiger partial charge in [-0.25, -0.2) is 0 Å². The molecule has 2 aromatic carbocycles. The minimum Gasteiger partial charge on any atom is -0.497 e. The molecule has 0 unspecified atom stereocenters. The summed E-state index contributed by atoms with van der Waals surface area (Å²) in [6.07, 6.45) is 6.18. The smallest absolute Gasteiger partial charge is 0.158 e. The zero-order chi connectivity index (χ0) is 20.9. The first kappa shape index (κ1) is 19.9. The molecular weight excluding hydrogens is 374 g/mol. The summed E-state index contributed by atoms with van der Waals surface area (Å²) in [5.74, 6) is 2.57. The summed E-state index contributed by atoms with van der Waals surface area (Å²) in [7, 11) is 3.37. The summed E-state index contributed by atoms with van der Waals surface area (Å²) >= 11 is 0. The third-order valence-corrected chi connectivity index (χ3v) is 5.40. The zero-order valence-corrected chi connectivity index (χ0v) is 17.7. The van der Waals surface area contributed by atoms with Crippen molar-refractivity contribution in [2.24, 2.45) is 0 Å². The molecule has 0 aliphatic rings. The van der Waals surface area contributed by atoms with Gasteiger partial charge in [-0.1, -0.05) is 37.6 Å². The maximum absolute atomic E-state index is 6.07. The largest absolute Gasteiger partial charge is 0.497 e. The fourth-order valence-corrected chi connectivity index (χ4v) is 3.73. The molecule has 0 radical (unpaired) electrons. The van der Waals surface area contributed by atoms with Crippen molar-refractivity contribution in [3.8, 4) is 45.2 Å². The molecule has 0 saturated heterocycles. The molecule has 154 valence electrons. The molecule has 2 aromatic heterocycles. The topological polar surface area (TPSA) is 36.5 Å². The highest BCUT2D eigenvalue weighted by atomic mass is 16.5. The minimum atomic E-state index is 0.842. The van der Waals surface area contributed by atoms with E-state index in [2.05, 4.69) is 48.0 Å². The van der Waals surface area contributed by atoms with E-state index in [1.54, 1.807) is 20.5 Å². The van der Waals surface area contributed by atoms with Crippen molar-refractivity contribution in [2.45, 2.75) is 26.3 Å². The van der Waals surface area contributed by atoms with Crippen LogP contribution in [0.1, 0.15) is 19.8 Å². The van der Waals surface area contributed by atoms with Crippen LogP contribution in [0, 0.1) is 0 Å². The molecule has 0 amide bonds. The van der Waals surface area contributed by atoms with Gasteiger partial charge in [-0.3, -0.25) is 0 Å². The number of hydrogen-bond acceptors (Lipinski definition) is 3. The molecule has 4 rings (SSSR count). The van der Waals surface area contributed by atoms with Crippen LogP contribution >= 0.6 is 0 Å². The van der Waals surface area contributed by atoms with Gasteiger partial charge in [0, 0.05) is 23.9 Å². The number of unbranched alkanes of at least 4 members (excludes halogenated alkanes) is 1. The maximum atomic E-state index is 6.07. The molecule has 4 heteroatoms. The van der Waals surface area contributed by atoms with E-state index in [-0.39, 0.29) is 0 Å². The fourth-order valence-electron chi connectivity index (χ4n) is 3.73. The monoisotopic (exact) mass is 401 g/mol. The Labute approximate surface area is 177 Å². The van der Waals surface area contributed by atoms with Gasteiger partial charge in [-0.15, -0.1) is 0 Å². The molecule has 0 spiro atoms. The SMILES string of the molecule is CCCCn1ccc(-c2ccc(OC)cc2)c1-c1occc1-c1ccc(OC)cc1. The molecule has 4 nitrogen and oxygen atoms in total. The highest BCUT2D eigenvalue weighted by Gasteiger charge is 2.20. The summed E-state index contributed by atoms with van der Waals surface area (Å²) < 4.78 is 19.0. The Morgan fingerprint density at radius 2 is 1.37 bits per heavy atom. The van der Waals surface area contributed by atoms with Gasteiger partial charge >= 0.3 is 0 Å². The van der Waals surface area contributed by atoms with Crippen molar-refractivity contribution in [3.63, 3.8) is 0 Å². The van der Waals surface area contributed by atoms with Crippen molar-refractivity contribution < 1.29 is 13.9 Å². The van der Waals surface area contributed by atoms with E-state index in [0.717, 1.165) is 64.6 Å². The zero-order valence-electron chi connectivity index (χ0n) is 17.7. The third kappa shape index (κ3) is 3.86. The molecule has 0 fully saturated rings. The van der Waals surface area contributed by atoms with Crippen LogP contribution in [0.4, 0.5) is 0 Å². The van der Waals surface area contributed by atoms with Crippen LogP contribution in [0.15, 0.2) is 77.5 Å². The summed E-state index contributed by atoms with van der Waals surface area (Å²) in [5.41, 5.74) is 5.56. The summed E-state index contributed by atoms with van der Waals surface area (Å²) in [6.45, 7) is 3.16. The first-order chi connectivity index (χ1) is 14.7. The summed E-state index contributed by atoms with van der Waals surface area (Å²) in [4.78, 5) is 0. The first-order valence-electron chi connectivity index (χ1n) is 10.3. The van der Waals surface area contributed by atoms with Crippen molar-refractivity contribution in [3.05, 3.63) is 73.1 Å². The van der Waals surface area contributed by atoms with E-state index >= 15 is 0 Å². The van der Waals surface area contributed by atoms with Crippen molar-refractivity contribution >= 4 is 0 Å². The maximum Gasteiger partial charge on any atom is 0.158 e. The number of furan rings is 1. The molecule has 0 saturated carbocycles. The number of ether oxygens (including phenoxy) is 2. The van der Waals surface area contributed by atoms with Gasteiger partial charge in [0.25, 0.3) is 0 Å². The lowest BCUT2D eigenvalue weighted by Crippen LogP contribution is -1.99. The lowest BCUT2D eigenvalue weighted by molar-refractivity contribution is 0.415. The molecule has 30 heavy (non-hydrogen) atoms. The van der Waals surface area contributed by atoms with E-state index in [4.69, 9.17) is 13.9 Å². The Balaban J connectivity index is 1.82. The Kier molecular flexibility index (Phi) is 5.94. The number of rotatable bonds is 8. The van der Waals surface area contributed by atoms with Crippen LogP contribution in [0.3, 0.4) is 0 Å². The number of aromatic nitrogens is 1. The summed E-state index contributed by atoms with van der Waals surface area (Å²) in [5, 5.41) is 0. The highest BCUT2D eigenvalue weighted by molar-refractivity contribution is 5.87. The fraction of sp³-hybridized carbons (Fsp3) is 0.231. The average molecular weight is 402 g/mol. The number of nitrogens with zero attached hydrogens (tertiary/aromatic N) is 1. The second-order valence-corrected chi connectivity index (χ2v) is 7.25. The molecule has 2 heterocycles. The van der Waals surface area contributed by atoms with Gasteiger partial charge in [-0.2, -0.15) is 0 Å². The van der Waals surface area contributed by atoms with Gasteiger partial charge < -0.3 is 18.5 Å². The van der Waals surface area contributed by atoms with E-state index in [9.17, 15) is 0 Å². The Hall–Kier alpha value is -3.40. The predicted molar refractivity (Wildman–Crippen MR) is 121 cm³/mol. The number of hydrogen-bond donors (Lipinski definition) is 0. The molecule has 0 aliphatic heterocycles. The third-order valence-electron chi connectivity index (χ3n) is 5.40. The van der Waals surface area contributed by atoms with E-state index in [1.165, 1.54) is 0 Å². The van der Waals surface area contributed by atoms with Crippen LogP contribution in [-0.4, -0.2) is 18.8 Å². The number of aryl methyl sites for hydroxylation is 1. The lowest BCUT2D eigenvalue weighted by atomic mass is 10.00. The quantitative estimate of drug-likeness (QED) is 0.322. The Morgan fingerprint density at radius 3 is 1.93 bits per heavy atom. The van der Waals surface area contributed by atoms with E-state index in [0.29, 0.717) is 0 Å². The van der Waals surface area contributed by atoms with Crippen molar-refractivity contribution in [1.29, 1.82) is 0 Å². The van der Waals surface area contributed by atoms with Crippen molar-refractivity contribution in [2.75, 3.05) is 14.2 Å². The average Bonchev–Trinajstić information content (AvgIpc) is 3.44. The molecule has 0 bridgehead atoms. The van der Waals surface area contributed by atoms with Gasteiger partial charge in [0.05, 0.1) is 26.2 Å². The van der Waals surface area contributed by atoms with Gasteiger partial charge in [0.1, 0.15) is 11.5 Å². The van der Waals surface area contributed by atoms with Crippen molar-refractivity contribution in [1.82, 2.24) is 4.57 Å². The summed E-state index contributed by atoms with van der Waals surface area (Å²) in [6, 6.07) is 20.5. The van der Waals surface area contributed by atoms with E-state index in [1.807, 2.05) is 30.3 Å². The first-order valence-corrected chi connectivity index (χ1v) is 10.3. The highest BCUT2D eigenvalue weighted by Crippen LogP contribution is 2.40. The predicted octanol–water partition coefficient (Wildman–Crippen LogP) is 6.90. The Bertz CT molecular complexity index is 1090. The molecule has 0 aliphatic carbocycles. The normalized spacial score (nSPS) is 10.9. The van der Waals surface area contributed by atoms with Gasteiger partial charge in [0.2, 0.25) is 0 Å². The molecular formula is C26H27NO3. The number of benzene rings is 2. The van der Waals surface area contributed by atoms with Crippen LogP contribution in [0.5, 0.6) is 11.5 Å². The van der Waals surface area contributed by atoms with E-state index < -0.39 is 0 Å². The number of methoxy groups -OCH3 is 2. The van der Waals surface area contributed by atoms with Gasteiger partial charge in [-0.05, 0) is 53.9 Å². The molecule has 0 N–H and O–H groups in total.